The summed E-state index contributed by atoms with van der Waals surface area (Å²) in [7, 11) is 0. The van der Waals surface area contributed by atoms with Crippen LogP contribution in [0.3, 0.4) is 0 Å². The van der Waals surface area contributed by atoms with Gasteiger partial charge in [-0.2, -0.15) is 0 Å². The third-order valence-electron chi connectivity index (χ3n) is 4.62. The van der Waals surface area contributed by atoms with Crippen LogP contribution in [0.1, 0.15) is 46.5 Å². The number of carbonyl (C=O) groups excluding carboxylic acids is 2. The molecule has 0 aliphatic heterocycles. The number of hydrogen-bond acceptors (Lipinski definition) is 2. The summed E-state index contributed by atoms with van der Waals surface area (Å²) in [5, 5.41) is 5.80. The summed E-state index contributed by atoms with van der Waals surface area (Å²) in [6.07, 6.45) is 4.02. The van der Waals surface area contributed by atoms with Crippen molar-refractivity contribution in [2.75, 3.05) is 5.32 Å². The van der Waals surface area contributed by atoms with Crippen LogP contribution >= 0.6 is 11.6 Å². The Labute approximate surface area is 143 Å². The summed E-state index contributed by atoms with van der Waals surface area (Å²) in [6.45, 7) is 6.77. The van der Waals surface area contributed by atoms with Crippen LogP contribution in [0.4, 0.5) is 5.69 Å². The first-order valence-electron chi connectivity index (χ1n) is 8.13. The Balaban J connectivity index is 1.83. The van der Waals surface area contributed by atoms with Crippen molar-refractivity contribution in [1.82, 2.24) is 5.32 Å². The van der Waals surface area contributed by atoms with Gasteiger partial charge >= 0.3 is 11.8 Å². The van der Waals surface area contributed by atoms with Gasteiger partial charge in [-0.15, -0.1) is 0 Å². The molecule has 1 aliphatic rings. The lowest BCUT2D eigenvalue weighted by Gasteiger charge is -2.37. The molecule has 0 heterocycles. The molecule has 0 saturated heterocycles. The van der Waals surface area contributed by atoms with Crippen LogP contribution in [0.5, 0.6) is 0 Å². The minimum absolute atomic E-state index is 0.0816. The van der Waals surface area contributed by atoms with Crippen LogP contribution in [0.2, 0.25) is 5.02 Å². The lowest BCUT2D eigenvalue weighted by atomic mass is 9.71. The van der Waals surface area contributed by atoms with Crippen LogP contribution in [0.25, 0.3) is 0 Å². The lowest BCUT2D eigenvalue weighted by molar-refractivity contribution is -0.136. The second-order valence-electron chi connectivity index (χ2n) is 7.32. The van der Waals surface area contributed by atoms with Gasteiger partial charge < -0.3 is 10.6 Å². The second kappa shape index (κ2) is 7.35. The van der Waals surface area contributed by atoms with E-state index < -0.39 is 11.8 Å². The Hall–Kier alpha value is -1.55. The predicted octanol–water partition coefficient (Wildman–Crippen LogP) is 4.00. The highest BCUT2D eigenvalue weighted by Gasteiger charge is 2.30. The van der Waals surface area contributed by atoms with E-state index in [0.29, 0.717) is 22.0 Å². The predicted molar refractivity (Wildman–Crippen MR) is 93.4 cm³/mol. The summed E-state index contributed by atoms with van der Waals surface area (Å²) in [4.78, 5) is 24.0. The average molecular weight is 337 g/mol. The fourth-order valence-corrected chi connectivity index (χ4v) is 3.28. The first kappa shape index (κ1) is 17.8. The molecule has 1 fully saturated rings. The number of halogens is 1. The molecule has 1 aromatic carbocycles. The monoisotopic (exact) mass is 336 g/mol. The first-order chi connectivity index (χ1) is 10.8. The van der Waals surface area contributed by atoms with Crippen LogP contribution < -0.4 is 10.6 Å². The minimum atomic E-state index is -0.670. The van der Waals surface area contributed by atoms with Crippen molar-refractivity contribution in [1.29, 1.82) is 0 Å². The smallest absolute Gasteiger partial charge is 0.313 e. The number of para-hydroxylation sites is 1. The quantitative estimate of drug-likeness (QED) is 0.802. The largest absolute Gasteiger partial charge is 0.345 e. The molecule has 2 rings (SSSR count). The Bertz CT molecular complexity index is 573. The van der Waals surface area contributed by atoms with E-state index in [0.717, 1.165) is 25.7 Å². The SMILES string of the molecule is CC(C)(C)C1CCC(NC(=O)C(=O)Nc2ccccc2Cl)CC1. The summed E-state index contributed by atoms with van der Waals surface area (Å²) in [5.41, 5.74) is 0.752. The van der Waals surface area contributed by atoms with Crippen molar-refractivity contribution < 1.29 is 9.59 Å². The number of amides is 2. The highest BCUT2D eigenvalue weighted by molar-refractivity contribution is 6.41. The molecule has 126 valence electrons. The summed E-state index contributed by atoms with van der Waals surface area (Å²) in [5.74, 6) is -0.590. The van der Waals surface area contributed by atoms with Gasteiger partial charge in [0.25, 0.3) is 0 Å². The fraction of sp³-hybridized carbons (Fsp3) is 0.556. The molecule has 0 aromatic heterocycles. The van der Waals surface area contributed by atoms with Crippen LogP contribution in [0, 0.1) is 11.3 Å². The average Bonchev–Trinajstić information content (AvgIpc) is 2.49. The van der Waals surface area contributed by atoms with Gasteiger partial charge in [0.15, 0.2) is 0 Å². The van der Waals surface area contributed by atoms with Gasteiger partial charge in [0, 0.05) is 6.04 Å². The first-order valence-corrected chi connectivity index (χ1v) is 8.51. The maximum Gasteiger partial charge on any atom is 0.313 e. The van der Waals surface area contributed by atoms with Crippen molar-refractivity contribution >= 4 is 29.1 Å². The van der Waals surface area contributed by atoms with Gasteiger partial charge in [0.05, 0.1) is 10.7 Å². The van der Waals surface area contributed by atoms with E-state index in [1.807, 2.05) is 0 Å². The third kappa shape index (κ3) is 4.96. The molecule has 0 bridgehead atoms. The minimum Gasteiger partial charge on any atom is -0.345 e. The van der Waals surface area contributed by atoms with E-state index in [-0.39, 0.29) is 6.04 Å². The number of benzene rings is 1. The number of carbonyl (C=O) groups is 2. The van der Waals surface area contributed by atoms with Gasteiger partial charge in [-0.05, 0) is 49.1 Å². The fourth-order valence-electron chi connectivity index (χ4n) is 3.10. The van der Waals surface area contributed by atoms with E-state index in [4.69, 9.17) is 11.6 Å². The van der Waals surface area contributed by atoms with Crippen molar-refractivity contribution in [3.05, 3.63) is 29.3 Å². The van der Waals surface area contributed by atoms with Gasteiger partial charge in [-0.3, -0.25) is 9.59 Å². The number of rotatable bonds is 2. The molecule has 0 unspecified atom stereocenters. The number of anilines is 1. The molecule has 0 spiro atoms. The zero-order valence-electron chi connectivity index (χ0n) is 14.0. The van der Waals surface area contributed by atoms with Crippen molar-refractivity contribution in [3.8, 4) is 0 Å². The summed E-state index contributed by atoms with van der Waals surface area (Å²) in [6, 6.07) is 6.95. The highest BCUT2D eigenvalue weighted by atomic mass is 35.5. The number of nitrogens with one attached hydrogen (secondary N) is 2. The molecular formula is C18H25ClN2O2. The summed E-state index contributed by atoms with van der Waals surface area (Å²) < 4.78 is 0. The molecule has 1 saturated carbocycles. The maximum atomic E-state index is 12.0. The molecule has 2 N–H and O–H groups in total. The summed E-state index contributed by atoms with van der Waals surface area (Å²) >= 11 is 5.98. The molecule has 2 amide bonds. The van der Waals surface area contributed by atoms with Gasteiger partial charge in [0.2, 0.25) is 0 Å². The zero-order valence-corrected chi connectivity index (χ0v) is 14.7. The third-order valence-corrected chi connectivity index (χ3v) is 4.95. The normalized spacial score (nSPS) is 21.6. The number of hydrogen-bond donors (Lipinski definition) is 2. The van der Waals surface area contributed by atoms with Crippen LogP contribution in [0.15, 0.2) is 24.3 Å². The van der Waals surface area contributed by atoms with E-state index >= 15 is 0 Å². The van der Waals surface area contributed by atoms with E-state index in [2.05, 4.69) is 31.4 Å². The molecule has 0 atom stereocenters. The standard InChI is InChI=1S/C18H25ClN2O2/c1-18(2,3)12-8-10-13(11-9-12)20-16(22)17(23)21-15-7-5-4-6-14(15)19/h4-7,12-13H,8-11H2,1-3H3,(H,20,22)(H,21,23). The molecule has 4 nitrogen and oxygen atoms in total. The Morgan fingerprint density at radius 3 is 2.22 bits per heavy atom. The maximum absolute atomic E-state index is 12.0. The highest BCUT2D eigenvalue weighted by Crippen LogP contribution is 2.37. The molecular weight excluding hydrogens is 312 g/mol. The molecule has 1 aliphatic carbocycles. The van der Waals surface area contributed by atoms with Crippen molar-refractivity contribution in [2.45, 2.75) is 52.5 Å². The lowest BCUT2D eigenvalue weighted by Crippen LogP contribution is -2.44. The Morgan fingerprint density at radius 1 is 1.04 bits per heavy atom. The van der Waals surface area contributed by atoms with Crippen LogP contribution in [-0.2, 0) is 9.59 Å². The van der Waals surface area contributed by atoms with Gasteiger partial charge in [0.1, 0.15) is 0 Å². The second-order valence-corrected chi connectivity index (χ2v) is 7.73. The van der Waals surface area contributed by atoms with Crippen LogP contribution in [-0.4, -0.2) is 17.9 Å². The molecule has 1 aromatic rings. The Kier molecular flexibility index (Phi) is 5.69. The Morgan fingerprint density at radius 2 is 1.65 bits per heavy atom. The van der Waals surface area contributed by atoms with Crippen molar-refractivity contribution in [3.63, 3.8) is 0 Å². The van der Waals surface area contributed by atoms with E-state index in [1.165, 1.54) is 0 Å². The van der Waals surface area contributed by atoms with E-state index in [1.54, 1.807) is 24.3 Å². The van der Waals surface area contributed by atoms with E-state index in [9.17, 15) is 9.59 Å². The topological polar surface area (TPSA) is 58.2 Å². The van der Waals surface area contributed by atoms with Crippen molar-refractivity contribution in [2.24, 2.45) is 11.3 Å². The molecule has 23 heavy (non-hydrogen) atoms. The van der Waals surface area contributed by atoms with Gasteiger partial charge in [-0.25, -0.2) is 0 Å². The zero-order chi connectivity index (χ0) is 17.0. The van der Waals surface area contributed by atoms with Gasteiger partial charge in [-0.1, -0.05) is 44.5 Å². The molecule has 5 heteroatoms. The molecule has 0 radical (unpaired) electrons.